The number of benzene rings is 2. The van der Waals surface area contributed by atoms with Crippen LogP contribution in [-0.2, 0) is 0 Å². The van der Waals surface area contributed by atoms with Crippen molar-refractivity contribution < 1.29 is 4.74 Å². The van der Waals surface area contributed by atoms with Crippen LogP contribution in [-0.4, -0.2) is 6.54 Å². The predicted molar refractivity (Wildman–Crippen MR) is 85.6 cm³/mol. The fourth-order valence-corrected chi connectivity index (χ4v) is 2.09. The molecule has 0 aliphatic rings. The quantitative estimate of drug-likeness (QED) is 0.641. The van der Waals surface area contributed by atoms with Crippen molar-refractivity contribution in [1.82, 2.24) is 0 Å². The van der Waals surface area contributed by atoms with Crippen molar-refractivity contribution in [2.24, 2.45) is 0 Å². The molecular formula is C18H23NO. The van der Waals surface area contributed by atoms with Gasteiger partial charge in [-0.15, -0.1) is 0 Å². The van der Waals surface area contributed by atoms with E-state index in [9.17, 15) is 0 Å². The molecule has 0 atom stereocenters. The fourth-order valence-electron chi connectivity index (χ4n) is 2.09. The lowest BCUT2D eigenvalue weighted by atomic mass is 10.2. The average molecular weight is 269 g/mol. The number of ether oxygens (including phenoxy) is 1. The summed E-state index contributed by atoms with van der Waals surface area (Å²) in [6.07, 6.45) is 5.07. The summed E-state index contributed by atoms with van der Waals surface area (Å²) < 4.78 is 5.93. The van der Waals surface area contributed by atoms with Crippen LogP contribution in [0.15, 0.2) is 54.6 Å². The Kier molecular flexibility index (Phi) is 5.97. The van der Waals surface area contributed by atoms with Crippen LogP contribution >= 0.6 is 0 Å². The Morgan fingerprint density at radius 2 is 1.60 bits per heavy atom. The van der Waals surface area contributed by atoms with Crippen molar-refractivity contribution in [1.29, 1.82) is 0 Å². The molecule has 1 N–H and O–H groups in total. The zero-order chi connectivity index (χ0) is 14.0. The maximum atomic E-state index is 5.93. The Bertz CT molecular complexity index is 496. The van der Waals surface area contributed by atoms with Crippen LogP contribution < -0.4 is 10.1 Å². The molecule has 0 aromatic heterocycles. The summed E-state index contributed by atoms with van der Waals surface area (Å²) in [7, 11) is 0. The largest absolute Gasteiger partial charge is 0.455 e. The molecule has 0 saturated heterocycles. The summed E-state index contributed by atoms with van der Waals surface area (Å²) in [4.78, 5) is 0. The third-order valence-corrected chi connectivity index (χ3v) is 3.20. The Hall–Kier alpha value is -1.96. The molecule has 0 spiro atoms. The molecule has 2 rings (SSSR count). The van der Waals surface area contributed by atoms with Gasteiger partial charge in [0.1, 0.15) is 5.75 Å². The molecular weight excluding hydrogens is 246 g/mol. The lowest BCUT2D eigenvalue weighted by Gasteiger charge is -2.12. The van der Waals surface area contributed by atoms with E-state index in [1.54, 1.807) is 0 Å². The van der Waals surface area contributed by atoms with Gasteiger partial charge in [0.25, 0.3) is 0 Å². The Morgan fingerprint density at radius 3 is 2.40 bits per heavy atom. The van der Waals surface area contributed by atoms with Crippen LogP contribution in [0.2, 0.25) is 0 Å². The highest BCUT2D eigenvalue weighted by Crippen LogP contribution is 2.28. The highest BCUT2D eigenvalue weighted by Gasteiger charge is 2.03. The van der Waals surface area contributed by atoms with E-state index in [4.69, 9.17) is 4.74 Å². The van der Waals surface area contributed by atoms with Crippen molar-refractivity contribution >= 4 is 5.69 Å². The van der Waals surface area contributed by atoms with Gasteiger partial charge in [0.2, 0.25) is 0 Å². The minimum absolute atomic E-state index is 0.868. The van der Waals surface area contributed by atoms with Gasteiger partial charge in [0.05, 0.1) is 5.69 Å². The molecule has 0 fully saturated rings. The van der Waals surface area contributed by atoms with Crippen LogP contribution in [0.25, 0.3) is 0 Å². The summed E-state index contributed by atoms with van der Waals surface area (Å²) in [6, 6.07) is 18.0. The normalized spacial score (nSPS) is 10.2. The number of hydrogen-bond acceptors (Lipinski definition) is 2. The van der Waals surface area contributed by atoms with Gasteiger partial charge in [0, 0.05) is 6.54 Å². The summed E-state index contributed by atoms with van der Waals surface area (Å²) in [6.45, 7) is 3.23. The second-order valence-corrected chi connectivity index (χ2v) is 4.90. The van der Waals surface area contributed by atoms with Gasteiger partial charge in [-0.3, -0.25) is 0 Å². The van der Waals surface area contributed by atoms with Gasteiger partial charge in [-0.1, -0.05) is 56.5 Å². The van der Waals surface area contributed by atoms with Crippen molar-refractivity contribution in [3.8, 4) is 11.5 Å². The Morgan fingerprint density at radius 1 is 0.850 bits per heavy atom. The van der Waals surface area contributed by atoms with E-state index in [0.29, 0.717) is 0 Å². The molecule has 0 aliphatic carbocycles. The molecule has 2 aromatic rings. The molecule has 0 heterocycles. The molecule has 2 aromatic carbocycles. The summed E-state index contributed by atoms with van der Waals surface area (Å²) in [5.41, 5.74) is 1.06. The van der Waals surface area contributed by atoms with E-state index >= 15 is 0 Å². The van der Waals surface area contributed by atoms with Crippen molar-refractivity contribution in [3.05, 3.63) is 54.6 Å². The second kappa shape index (κ2) is 8.26. The van der Waals surface area contributed by atoms with Crippen molar-refractivity contribution in [3.63, 3.8) is 0 Å². The topological polar surface area (TPSA) is 21.3 Å². The van der Waals surface area contributed by atoms with Crippen molar-refractivity contribution in [2.45, 2.75) is 32.6 Å². The van der Waals surface area contributed by atoms with Crippen LogP contribution in [0, 0.1) is 0 Å². The first kappa shape index (κ1) is 14.4. The van der Waals surface area contributed by atoms with Gasteiger partial charge in [-0.25, -0.2) is 0 Å². The monoisotopic (exact) mass is 269 g/mol. The molecule has 0 saturated carbocycles. The van der Waals surface area contributed by atoms with Crippen LogP contribution in [0.3, 0.4) is 0 Å². The molecule has 0 bridgehead atoms. The smallest absolute Gasteiger partial charge is 0.150 e. The third-order valence-electron chi connectivity index (χ3n) is 3.20. The van der Waals surface area contributed by atoms with E-state index in [1.165, 1.54) is 25.7 Å². The van der Waals surface area contributed by atoms with Gasteiger partial charge in [-0.2, -0.15) is 0 Å². The van der Waals surface area contributed by atoms with Gasteiger partial charge in [0.15, 0.2) is 5.75 Å². The Labute approximate surface area is 121 Å². The van der Waals surface area contributed by atoms with Crippen molar-refractivity contribution in [2.75, 3.05) is 11.9 Å². The van der Waals surface area contributed by atoms with Gasteiger partial charge >= 0.3 is 0 Å². The molecule has 106 valence electrons. The highest BCUT2D eigenvalue weighted by atomic mass is 16.5. The number of hydrogen-bond donors (Lipinski definition) is 1. The first-order valence-electron chi connectivity index (χ1n) is 7.46. The number of anilines is 1. The van der Waals surface area contributed by atoms with E-state index < -0.39 is 0 Å². The number of nitrogens with one attached hydrogen (secondary N) is 1. The lowest BCUT2D eigenvalue weighted by Crippen LogP contribution is -2.02. The van der Waals surface area contributed by atoms with E-state index in [-0.39, 0.29) is 0 Å². The fraction of sp³-hybridized carbons (Fsp3) is 0.333. The number of para-hydroxylation sites is 3. The van der Waals surface area contributed by atoms with E-state index in [2.05, 4.69) is 18.3 Å². The first-order valence-corrected chi connectivity index (χ1v) is 7.46. The van der Waals surface area contributed by atoms with E-state index in [1.807, 2.05) is 48.5 Å². The average Bonchev–Trinajstić information content (AvgIpc) is 2.50. The number of rotatable bonds is 8. The summed E-state index contributed by atoms with van der Waals surface area (Å²) in [5, 5.41) is 3.47. The summed E-state index contributed by atoms with van der Waals surface area (Å²) in [5.74, 6) is 1.75. The molecule has 0 radical (unpaired) electrons. The lowest BCUT2D eigenvalue weighted by molar-refractivity contribution is 0.484. The molecule has 0 unspecified atom stereocenters. The highest BCUT2D eigenvalue weighted by molar-refractivity contribution is 5.57. The zero-order valence-electron chi connectivity index (χ0n) is 12.1. The SMILES string of the molecule is CCCCCCNc1ccccc1Oc1ccccc1. The van der Waals surface area contributed by atoms with Crippen LogP contribution in [0.4, 0.5) is 5.69 Å². The minimum atomic E-state index is 0.868. The molecule has 0 aliphatic heterocycles. The maximum absolute atomic E-state index is 5.93. The van der Waals surface area contributed by atoms with E-state index in [0.717, 1.165) is 23.7 Å². The molecule has 2 heteroatoms. The molecule has 20 heavy (non-hydrogen) atoms. The third kappa shape index (κ3) is 4.61. The maximum Gasteiger partial charge on any atom is 0.150 e. The molecule has 0 amide bonds. The van der Waals surface area contributed by atoms with Gasteiger partial charge < -0.3 is 10.1 Å². The molecule has 2 nitrogen and oxygen atoms in total. The second-order valence-electron chi connectivity index (χ2n) is 4.90. The first-order chi connectivity index (χ1) is 9.90. The zero-order valence-corrected chi connectivity index (χ0v) is 12.1. The van der Waals surface area contributed by atoms with Crippen LogP contribution in [0.5, 0.6) is 11.5 Å². The van der Waals surface area contributed by atoms with Crippen LogP contribution in [0.1, 0.15) is 32.6 Å². The summed E-state index contributed by atoms with van der Waals surface area (Å²) >= 11 is 0. The van der Waals surface area contributed by atoms with Gasteiger partial charge in [-0.05, 0) is 30.7 Å². The number of unbranched alkanes of at least 4 members (excludes halogenated alkanes) is 3. The minimum Gasteiger partial charge on any atom is -0.455 e. The predicted octanol–water partition coefficient (Wildman–Crippen LogP) is 5.47. The Balaban J connectivity index is 1.92. The standard InChI is InChI=1S/C18H23NO/c1-2-3-4-10-15-19-17-13-8-9-14-18(17)20-16-11-6-5-7-12-16/h5-9,11-14,19H,2-4,10,15H2,1H3.